The van der Waals surface area contributed by atoms with E-state index in [-0.39, 0.29) is 0 Å². The lowest BCUT2D eigenvalue weighted by molar-refractivity contribution is 0.378. The molecule has 1 saturated heterocycles. The lowest BCUT2D eigenvalue weighted by atomic mass is 9.97. The molecule has 2 rings (SSSR count). The van der Waals surface area contributed by atoms with Gasteiger partial charge in [0.05, 0.1) is 0 Å². The van der Waals surface area contributed by atoms with E-state index < -0.39 is 0 Å². The third-order valence-electron chi connectivity index (χ3n) is 3.56. The standard InChI is InChI=1S/C15H25N3/c1-12(2)17-10-14-5-4-8-18(11-14)15-9-13(3)6-7-16-15/h6-7,9,12,14,17H,4-5,8,10-11H2,1-3H3. The fraction of sp³-hybridized carbons (Fsp3) is 0.667. The molecule has 0 aliphatic carbocycles. The van der Waals surface area contributed by atoms with Gasteiger partial charge in [-0.2, -0.15) is 0 Å². The Morgan fingerprint density at radius 1 is 1.50 bits per heavy atom. The molecule has 3 nitrogen and oxygen atoms in total. The number of nitrogens with zero attached hydrogens (tertiary/aromatic N) is 2. The molecule has 3 heteroatoms. The number of anilines is 1. The lowest BCUT2D eigenvalue weighted by Gasteiger charge is -2.34. The van der Waals surface area contributed by atoms with Crippen LogP contribution in [0.15, 0.2) is 18.3 Å². The molecule has 0 amide bonds. The highest BCUT2D eigenvalue weighted by atomic mass is 15.2. The molecule has 0 radical (unpaired) electrons. The molecule has 1 fully saturated rings. The normalized spacial score (nSPS) is 20.4. The number of rotatable bonds is 4. The van der Waals surface area contributed by atoms with Gasteiger partial charge in [0.1, 0.15) is 5.82 Å². The summed E-state index contributed by atoms with van der Waals surface area (Å²) in [6.07, 6.45) is 4.53. The zero-order valence-electron chi connectivity index (χ0n) is 11.8. The van der Waals surface area contributed by atoms with Crippen LogP contribution >= 0.6 is 0 Å². The summed E-state index contributed by atoms with van der Waals surface area (Å²) in [4.78, 5) is 6.93. The molecule has 18 heavy (non-hydrogen) atoms. The highest BCUT2D eigenvalue weighted by molar-refractivity contribution is 5.41. The first-order valence-electron chi connectivity index (χ1n) is 7.06. The van der Waals surface area contributed by atoms with Gasteiger partial charge in [-0.15, -0.1) is 0 Å². The fourth-order valence-electron chi connectivity index (χ4n) is 2.54. The first kappa shape index (κ1) is 13.3. The molecule has 1 aromatic rings. The maximum Gasteiger partial charge on any atom is 0.128 e. The van der Waals surface area contributed by atoms with Crippen molar-refractivity contribution in [1.82, 2.24) is 10.3 Å². The molecule has 100 valence electrons. The minimum absolute atomic E-state index is 0.581. The maximum atomic E-state index is 4.50. The van der Waals surface area contributed by atoms with E-state index >= 15 is 0 Å². The second-order valence-corrected chi connectivity index (χ2v) is 5.71. The third kappa shape index (κ3) is 3.70. The molecule has 1 atom stereocenters. The number of hydrogen-bond donors (Lipinski definition) is 1. The Bertz CT molecular complexity index is 376. The largest absolute Gasteiger partial charge is 0.356 e. The molecule has 0 aromatic carbocycles. The summed E-state index contributed by atoms with van der Waals surface area (Å²) in [5.41, 5.74) is 1.29. The topological polar surface area (TPSA) is 28.2 Å². The number of piperidine rings is 1. The summed E-state index contributed by atoms with van der Waals surface area (Å²) < 4.78 is 0. The van der Waals surface area contributed by atoms with Gasteiger partial charge in [-0.1, -0.05) is 13.8 Å². The van der Waals surface area contributed by atoms with Crippen LogP contribution in [-0.4, -0.2) is 30.7 Å². The summed E-state index contributed by atoms with van der Waals surface area (Å²) in [5, 5.41) is 3.55. The second-order valence-electron chi connectivity index (χ2n) is 5.71. The van der Waals surface area contributed by atoms with E-state index in [1.54, 1.807) is 0 Å². The predicted octanol–water partition coefficient (Wildman–Crippen LogP) is 2.60. The molecule has 2 heterocycles. The zero-order valence-corrected chi connectivity index (χ0v) is 11.8. The first-order chi connectivity index (χ1) is 8.65. The minimum atomic E-state index is 0.581. The van der Waals surface area contributed by atoms with E-state index in [9.17, 15) is 0 Å². The summed E-state index contributed by atoms with van der Waals surface area (Å²) in [5.74, 6) is 1.90. The van der Waals surface area contributed by atoms with E-state index in [0.29, 0.717) is 6.04 Å². The molecular formula is C15H25N3. The SMILES string of the molecule is Cc1ccnc(N2CCCC(CNC(C)C)C2)c1. The summed E-state index contributed by atoms with van der Waals surface area (Å²) in [6.45, 7) is 9.96. The van der Waals surface area contributed by atoms with Crippen molar-refractivity contribution in [1.29, 1.82) is 0 Å². The smallest absolute Gasteiger partial charge is 0.128 e. The van der Waals surface area contributed by atoms with Crippen LogP contribution in [0.4, 0.5) is 5.82 Å². The molecular weight excluding hydrogens is 222 g/mol. The van der Waals surface area contributed by atoms with E-state index in [4.69, 9.17) is 0 Å². The molecule has 1 unspecified atom stereocenters. The Balaban J connectivity index is 1.94. The van der Waals surface area contributed by atoms with Crippen LogP contribution in [0.5, 0.6) is 0 Å². The van der Waals surface area contributed by atoms with Crippen molar-refractivity contribution in [3.63, 3.8) is 0 Å². The highest BCUT2D eigenvalue weighted by Gasteiger charge is 2.20. The van der Waals surface area contributed by atoms with Gasteiger partial charge >= 0.3 is 0 Å². The van der Waals surface area contributed by atoms with E-state index in [2.05, 4.69) is 48.1 Å². The van der Waals surface area contributed by atoms with Crippen molar-refractivity contribution in [2.24, 2.45) is 5.92 Å². The van der Waals surface area contributed by atoms with E-state index in [0.717, 1.165) is 31.4 Å². The van der Waals surface area contributed by atoms with Crippen LogP contribution < -0.4 is 10.2 Å². The molecule has 1 aliphatic rings. The van der Waals surface area contributed by atoms with Crippen molar-refractivity contribution < 1.29 is 0 Å². The quantitative estimate of drug-likeness (QED) is 0.886. The highest BCUT2D eigenvalue weighted by Crippen LogP contribution is 2.21. The van der Waals surface area contributed by atoms with Gasteiger partial charge in [0, 0.05) is 25.3 Å². The maximum absolute atomic E-state index is 4.50. The van der Waals surface area contributed by atoms with Gasteiger partial charge in [0.25, 0.3) is 0 Å². The Hall–Kier alpha value is -1.09. The van der Waals surface area contributed by atoms with Crippen LogP contribution in [0.25, 0.3) is 0 Å². The van der Waals surface area contributed by atoms with Gasteiger partial charge in [-0.05, 0) is 49.9 Å². The molecule has 1 aromatic heterocycles. The van der Waals surface area contributed by atoms with Crippen molar-refractivity contribution in [2.45, 2.75) is 39.7 Å². The predicted molar refractivity (Wildman–Crippen MR) is 77.0 cm³/mol. The average Bonchev–Trinajstić information content (AvgIpc) is 2.37. The molecule has 1 N–H and O–H groups in total. The van der Waals surface area contributed by atoms with Gasteiger partial charge in [0.15, 0.2) is 0 Å². The van der Waals surface area contributed by atoms with E-state index in [1.165, 1.54) is 18.4 Å². The van der Waals surface area contributed by atoms with Crippen LogP contribution in [0.1, 0.15) is 32.3 Å². The van der Waals surface area contributed by atoms with Crippen molar-refractivity contribution in [3.05, 3.63) is 23.9 Å². The number of nitrogens with one attached hydrogen (secondary N) is 1. The van der Waals surface area contributed by atoms with Crippen LogP contribution in [-0.2, 0) is 0 Å². The van der Waals surface area contributed by atoms with Gasteiger partial charge in [0.2, 0.25) is 0 Å². The van der Waals surface area contributed by atoms with Crippen molar-refractivity contribution in [3.8, 4) is 0 Å². The van der Waals surface area contributed by atoms with Gasteiger partial charge in [-0.25, -0.2) is 4.98 Å². The number of pyridine rings is 1. The molecule has 0 bridgehead atoms. The first-order valence-corrected chi connectivity index (χ1v) is 7.06. The van der Waals surface area contributed by atoms with Crippen LogP contribution in [0, 0.1) is 12.8 Å². The van der Waals surface area contributed by atoms with E-state index in [1.807, 2.05) is 6.20 Å². The second kappa shape index (κ2) is 6.19. The van der Waals surface area contributed by atoms with Crippen molar-refractivity contribution >= 4 is 5.82 Å². The number of hydrogen-bond acceptors (Lipinski definition) is 3. The average molecular weight is 247 g/mol. The monoisotopic (exact) mass is 247 g/mol. The Morgan fingerprint density at radius 3 is 3.06 bits per heavy atom. The summed E-state index contributed by atoms with van der Waals surface area (Å²) >= 11 is 0. The Labute approximate surface area is 111 Å². The van der Waals surface area contributed by atoms with Crippen LogP contribution in [0.3, 0.4) is 0 Å². The summed E-state index contributed by atoms with van der Waals surface area (Å²) in [7, 11) is 0. The summed E-state index contributed by atoms with van der Waals surface area (Å²) in [6, 6.07) is 4.83. The molecule has 1 aliphatic heterocycles. The number of aryl methyl sites for hydroxylation is 1. The Morgan fingerprint density at radius 2 is 2.33 bits per heavy atom. The van der Waals surface area contributed by atoms with Crippen molar-refractivity contribution in [2.75, 3.05) is 24.5 Å². The number of aromatic nitrogens is 1. The Kier molecular flexibility index (Phi) is 4.59. The fourth-order valence-corrected chi connectivity index (χ4v) is 2.54. The molecule has 0 saturated carbocycles. The third-order valence-corrected chi connectivity index (χ3v) is 3.56. The van der Waals surface area contributed by atoms with Crippen LogP contribution in [0.2, 0.25) is 0 Å². The zero-order chi connectivity index (χ0) is 13.0. The lowest BCUT2D eigenvalue weighted by Crippen LogP contribution is -2.41. The van der Waals surface area contributed by atoms with Gasteiger partial charge in [-0.3, -0.25) is 0 Å². The minimum Gasteiger partial charge on any atom is -0.356 e. The molecule has 0 spiro atoms. The van der Waals surface area contributed by atoms with Gasteiger partial charge < -0.3 is 10.2 Å².